The zero-order valence-electron chi connectivity index (χ0n) is 9.61. The molecule has 1 N–H and O–H groups in total. The third kappa shape index (κ3) is 3.78. The van der Waals surface area contributed by atoms with Gasteiger partial charge in [0.1, 0.15) is 5.75 Å². The molecule has 0 fully saturated rings. The van der Waals surface area contributed by atoms with Crippen LogP contribution in [0.2, 0.25) is 0 Å². The molecule has 0 aliphatic heterocycles. The highest BCUT2D eigenvalue weighted by atomic mass is 16.3. The second-order valence-electron chi connectivity index (χ2n) is 3.82. The van der Waals surface area contributed by atoms with Crippen molar-refractivity contribution in [2.24, 2.45) is 0 Å². The molecule has 0 heterocycles. The average Bonchev–Trinajstić information content (AvgIpc) is 2.24. The molecule has 0 bridgehead atoms. The lowest BCUT2D eigenvalue weighted by molar-refractivity contribution is 0.473. The maximum atomic E-state index is 9.41. The van der Waals surface area contributed by atoms with Gasteiger partial charge in [-0.2, -0.15) is 0 Å². The summed E-state index contributed by atoms with van der Waals surface area (Å²) in [6.07, 6.45) is 7.70. The zero-order valence-corrected chi connectivity index (χ0v) is 9.61. The molecule has 0 radical (unpaired) electrons. The molecule has 1 rings (SSSR count). The lowest BCUT2D eigenvalue weighted by Gasteiger charge is -2.13. The van der Waals surface area contributed by atoms with E-state index in [0.29, 0.717) is 11.7 Å². The highest BCUT2D eigenvalue weighted by Gasteiger charge is 2.07. The summed E-state index contributed by atoms with van der Waals surface area (Å²) in [5.41, 5.74) is 1.23. The van der Waals surface area contributed by atoms with Gasteiger partial charge >= 0.3 is 0 Å². The molecule has 1 nitrogen and oxygen atoms in total. The molecule has 1 atom stereocenters. The van der Waals surface area contributed by atoms with Gasteiger partial charge in [0.15, 0.2) is 0 Å². The van der Waals surface area contributed by atoms with Crippen LogP contribution in [-0.2, 0) is 0 Å². The second kappa shape index (κ2) is 6.28. The normalized spacial score (nSPS) is 13.2. The molecule has 0 amide bonds. The second-order valence-corrected chi connectivity index (χ2v) is 3.82. The Hall–Kier alpha value is -1.24. The van der Waals surface area contributed by atoms with Crippen molar-refractivity contribution in [1.29, 1.82) is 0 Å². The van der Waals surface area contributed by atoms with Crippen LogP contribution in [0.1, 0.15) is 44.6 Å². The highest BCUT2D eigenvalue weighted by molar-refractivity contribution is 5.30. The monoisotopic (exact) mass is 204 g/mol. The molecule has 1 aromatic carbocycles. The predicted molar refractivity (Wildman–Crippen MR) is 65.2 cm³/mol. The third-order valence-corrected chi connectivity index (χ3v) is 2.66. The maximum Gasteiger partial charge on any atom is 0.115 e. The Labute approximate surface area is 92.5 Å². The van der Waals surface area contributed by atoms with Crippen molar-refractivity contribution in [2.75, 3.05) is 0 Å². The minimum atomic E-state index is 0.366. The van der Waals surface area contributed by atoms with Crippen LogP contribution >= 0.6 is 0 Å². The molecule has 0 aliphatic rings. The highest BCUT2D eigenvalue weighted by Crippen LogP contribution is 2.26. The van der Waals surface area contributed by atoms with E-state index in [0.717, 1.165) is 19.3 Å². The van der Waals surface area contributed by atoms with Gasteiger partial charge in [0, 0.05) is 0 Å². The number of phenols is 1. The number of hydrogen-bond donors (Lipinski definition) is 1. The molecule has 82 valence electrons. The Morgan fingerprint density at radius 2 is 2.07 bits per heavy atom. The molecule has 0 spiro atoms. The third-order valence-electron chi connectivity index (χ3n) is 2.66. The van der Waals surface area contributed by atoms with E-state index < -0.39 is 0 Å². The summed E-state index contributed by atoms with van der Waals surface area (Å²) in [5.74, 6) is 0.894. The molecule has 0 aromatic heterocycles. The maximum absolute atomic E-state index is 9.41. The fourth-order valence-electron chi connectivity index (χ4n) is 1.74. The summed E-state index contributed by atoms with van der Waals surface area (Å²) in [4.78, 5) is 0. The van der Waals surface area contributed by atoms with Crippen molar-refractivity contribution < 1.29 is 5.11 Å². The lowest BCUT2D eigenvalue weighted by atomic mass is 9.93. The van der Waals surface area contributed by atoms with Gasteiger partial charge in [0.25, 0.3) is 0 Å². The summed E-state index contributed by atoms with van der Waals surface area (Å²) in [5, 5.41) is 9.41. The smallest absolute Gasteiger partial charge is 0.115 e. The number of aromatic hydroxyl groups is 1. The molecular formula is C14H20O. The van der Waals surface area contributed by atoms with Gasteiger partial charge in [0.05, 0.1) is 0 Å². The van der Waals surface area contributed by atoms with Crippen molar-refractivity contribution in [3.8, 4) is 5.75 Å². The lowest BCUT2D eigenvalue weighted by Crippen LogP contribution is -1.95. The van der Waals surface area contributed by atoms with Gasteiger partial charge in [-0.3, -0.25) is 0 Å². The molecule has 1 aromatic rings. The molecule has 1 unspecified atom stereocenters. The van der Waals surface area contributed by atoms with Crippen molar-refractivity contribution in [1.82, 2.24) is 0 Å². The first-order valence-corrected chi connectivity index (χ1v) is 5.71. The van der Waals surface area contributed by atoms with Crippen LogP contribution in [0.4, 0.5) is 0 Å². The first-order chi connectivity index (χ1) is 7.27. The van der Waals surface area contributed by atoms with E-state index in [1.807, 2.05) is 12.1 Å². The Balaban J connectivity index is 2.69. The van der Waals surface area contributed by atoms with Crippen molar-refractivity contribution in [2.45, 2.75) is 39.0 Å². The van der Waals surface area contributed by atoms with Crippen LogP contribution in [0.15, 0.2) is 36.4 Å². The van der Waals surface area contributed by atoms with Gasteiger partial charge in [-0.15, -0.1) is 0 Å². The van der Waals surface area contributed by atoms with Gasteiger partial charge in [-0.05, 0) is 42.9 Å². The van der Waals surface area contributed by atoms with Gasteiger partial charge < -0.3 is 5.11 Å². The zero-order chi connectivity index (χ0) is 11.1. The van der Waals surface area contributed by atoms with Crippen molar-refractivity contribution in [3.05, 3.63) is 42.0 Å². The Bertz CT molecular complexity index is 315. The van der Waals surface area contributed by atoms with Crippen molar-refractivity contribution >= 4 is 0 Å². The van der Waals surface area contributed by atoms with Crippen LogP contribution in [0.25, 0.3) is 0 Å². The van der Waals surface area contributed by atoms with E-state index in [4.69, 9.17) is 0 Å². The topological polar surface area (TPSA) is 20.2 Å². The number of phenolic OH excluding ortho intramolecular Hbond substituents is 1. The minimum absolute atomic E-state index is 0.366. The predicted octanol–water partition coefficient (Wildman–Crippen LogP) is 4.24. The standard InChI is InChI=1S/C14H20O/c1-3-5-6-8-12(4-2)13-9-7-10-14(15)11-13/h5-7,9-12,15H,3-4,8H2,1-2H3/b6-5-. The average molecular weight is 204 g/mol. The Morgan fingerprint density at radius 3 is 2.67 bits per heavy atom. The molecular weight excluding hydrogens is 184 g/mol. The summed E-state index contributed by atoms with van der Waals surface area (Å²) in [6.45, 7) is 4.33. The molecule has 15 heavy (non-hydrogen) atoms. The van der Waals surface area contributed by atoms with E-state index in [-0.39, 0.29) is 0 Å². The fourth-order valence-corrected chi connectivity index (χ4v) is 1.74. The molecule has 1 heteroatoms. The number of hydrogen-bond acceptors (Lipinski definition) is 1. The van der Waals surface area contributed by atoms with E-state index >= 15 is 0 Å². The molecule has 0 saturated heterocycles. The van der Waals surface area contributed by atoms with Gasteiger partial charge in [-0.1, -0.05) is 38.1 Å². The van der Waals surface area contributed by atoms with Crippen LogP contribution in [0.5, 0.6) is 5.75 Å². The fraction of sp³-hybridized carbons (Fsp3) is 0.429. The largest absolute Gasteiger partial charge is 0.508 e. The Morgan fingerprint density at radius 1 is 1.27 bits per heavy atom. The van der Waals surface area contributed by atoms with Crippen LogP contribution in [0, 0.1) is 0 Å². The van der Waals surface area contributed by atoms with Crippen molar-refractivity contribution in [3.63, 3.8) is 0 Å². The first-order valence-electron chi connectivity index (χ1n) is 5.71. The number of rotatable bonds is 5. The summed E-state index contributed by atoms with van der Waals surface area (Å²) in [6, 6.07) is 7.59. The SMILES string of the molecule is CC/C=C\CC(CC)c1cccc(O)c1. The summed E-state index contributed by atoms with van der Waals surface area (Å²) in [7, 11) is 0. The quantitative estimate of drug-likeness (QED) is 0.711. The van der Waals surface area contributed by atoms with E-state index in [1.54, 1.807) is 6.07 Å². The van der Waals surface area contributed by atoms with E-state index in [2.05, 4.69) is 32.1 Å². The number of allylic oxidation sites excluding steroid dienone is 2. The Kier molecular flexibility index (Phi) is 4.96. The minimum Gasteiger partial charge on any atom is -0.508 e. The van der Waals surface area contributed by atoms with E-state index in [9.17, 15) is 5.11 Å². The van der Waals surface area contributed by atoms with Crippen LogP contribution < -0.4 is 0 Å². The van der Waals surface area contributed by atoms with Crippen LogP contribution in [-0.4, -0.2) is 5.11 Å². The molecule has 0 aliphatic carbocycles. The molecule has 0 saturated carbocycles. The van der Waals surface area contributed by atoms with Gasteiger partial charge in [-0.25, -0.2) is 0 Å². The summed E-state index contributed by atoms with van der Waals surface area (Å²) < 4.78 is 0. The van der Waals surface area contributed by atoms with Crippen LogP contribution in [0.3, 0.4) is 0 Å². The van der Waals surface area contributed by atoms with Gasteiger partial charge in [0.2, 0.25) is 0 Å². The number of benzene rings is 1. The van der Waals surface area contributed by atoms with E-state index in [1.165, 1.54) is 5.56 Å². The first kappa shape index (κ1) is 11.8. The summed E-state index contributed by atoms with van der Waals surface area (Å²) >= 11 is 0.